The van der Waals surface area contributed by atoms with Gasteiger partial charge in [0.2, 0.25) is 12.6 Å². The Hall–Kier alpha value is -4.17. The van der Waals surface area contributed by atoms with E-state index in [1.165, 1.54) is 12.1 Å². The van der Waals surface area contributed by atoms with Gasteiger partial charge in [0, 0.05) is 11.6 Å². The Bertz CT molecular complexity index is 1600. The van der Waals surface area contributed by atoms with Gasteiger partial charge in [-0.05, 0) is 60.5 Å². The highest BCUT2D eigenvalue weighted by atomic mass is 35.5. The summed E-state index contributed by atoms with van der Waals surface area (Å²) in [7, 11) is 0. The van der Waals surface area contributed by atoms with Crippen molar-refractivity contribution in [2.45, 2.75) is 19.5 Å². The fraction of sp³-hybridized carbons (Fsp3) is 0.185. The van der Waals surface area contributed by atoms with Crippen LogP contribution < -0.4 is 19.6 Å². The highest BCUT2D eigenvalue weighted by molar-refractivity contribution is 6.31. The Morgan fingerprint density at radius 2 is 1.89 bits per heavy atom. The van der Waals surface area contributed by atoms with Crippen LogP contribution in [0.3, 0.4) is 0 Å². The fourth-order valence-corrected chi connectivity index (χ4v) is 4.88. The number of rotatable bonds is 5. The molecule has 9 heteroatoms. The molecule has 2 aliphatic rings. The summed E-state index contributed by atoms with van der Waals surface area (Å²) in [5.41, 5.74) is 1.53. The maximum absolute atomic E-state index is 13.7. The lowest BCUT2D eigenvalue weighted by Crippen LogP contribution is -2.29. The van der Waals surface area contributed by atoms with Crippen LogP contribution in [0.2, 0.25) is 5.02 Å². The zero-order chi connectivity index (χ0) is 25.0. The molecule has 1 aromatic heterocycles. The van der Waals surface area contributed by atoms with Crippen LogP contribution in [0.15, 0.2) is 63.8 Å². The summed E-state index contributed by atoms with van der Waals surface area (Å²) in [6.45, 7) is 2.45. The predicted molar refractivity (Wildman–Crippen MR) is 131 cm³/mol. The number of carbonyl (C=O) groups excluding carboxylic acids is 1. The van der Waals surface area contributed by atoms with Gasteiger partial charge in [0.15, 0.2) is 28.4 Å². The first kappa shape index (κ1) is 22.3. The summed E-state index contributed by atoms with van der Waals surface area (Å²) >= 11 is 6.15. The number of hydrogen-bond donors (Lipinski definition) is 1. The van der Waals surface area contributed by atoms with Gasteiger partial charge in [-0.25, -0.2) is 0 Å². The Morgan fingerprint density at radius 1 is 1.06 bits per heavy atom. The van der Waals surface area contributed by atoms with E-state index in [0.717, 1.165) is 5.56 Å². The van der Waals surface area contributed by atoms with E-state index in [0.29, 0.717) is 28.7 Å². The summed E-state index contributed by atoms with van der Waals surface area (Å²) in [5.74, 6) is 0.994. The Morgan fingerprint density at radius 3 is 2.72 bits per heavy atom. The quantitative estimate of drug-likeness (QED) is 0.406. The van der Waals surface area contributed by atoms with Crippen LogP contribution in [0, 0.1) is 0 Å². The van der Waals surface area contributed by atoms with E-state index >= 15 is 0 Å². The van der Waals surface area contributed by atoms with Gasteiger partial charge in [-0.3, -0.25) is 9.59 Å². The van der Waals surface area contributed by atoms with E-state index in [-0.39, 0.29) is 52.6 Å². The first-order valence-corrected chi connectivity index (χ1v) is 11.7. The first-order chi connectivity index (χ1) is 17.4. The normalized spacial score (nSPS) is 16.0. The van der Waals surface area contributed by atoms with Crippen molar-refractivity contribution < 1.29 is 28.5 Å². The SMILES string of the molecule is CCOc1cc(C2c3c(oc4ccc(Cl)cc4c3=O)C(=O)N2Cc2ccc3c(c2)OCO3)ccc1O. The smallest absolute Gasteiger partial charge is 0.291 e. The number of phenolic OH excluding ortho intramolecular Hbond substituents is 1. The fourth-order valence-electron chi connectivity index (χ4n) is 4.71. The molecule has 0 spiro atoms. The van der Waals surface area contributed by atoms with E-state index < -0.39 is 11.9 Å². The number of halogens is 1. The number of carbonyl (C=O) groups is 1. The summed E-state index contributed by atoms with van der Waals surface area (Å²) in [6.07, 6.45) is 0. The third-order valence-electron chi connectivity index (χ3n) is 6.32. The van der Waals surface area contributed by atoms with Crippen molar-refractivity contribution in [3.63, 3.8) is 0 Å². The van der Waals surface area contributed by atoms with E-state index in [1.54, 1.807) is 42.2 Å². The molecule has 0 aliphatic carbocycles. The van der Waals surface area contributed by atoms with Crippen LogP contribution in [0.1, 0.15) is 40.2 Å². The zero-order valence-electron chi connectivity index (χ0n) is 19.1. The van der Waals surface area contributed by atoms with Gasteiger partial charge in [-0.1, -0.05) is 23.7 Å². The van der Waals surface area contributed by atoms with Gasteiger partial charge in [-0.2, -0.15) is 0 Å². The summed E-state index contributed by atoms with van der Waals surface area (Å²) in [4.78, 5) is 29.0. The van der Waals surface area contributed by atoms with Crippen LogP contribution in [0.5, 0.6) is 23.0 Å². The molecule has 0 saturated heterocycles. The molecular weight excluding hydrogens is 486 g/mol. The molecule has 1 atom stereocenters. The van der Waals surface area contributed by atoms with E-state index in [2.05, 4.69) is 0 Å². The molecule has 1 unspecified atom stereocenters. The zero-order valence-corrected chi connectivity index (χ0v) is 19.9. The molecule has 1 amide bonds. The standard InChI is InChI=1S/C27H20ClNO7/c1-2-33-21-10-15(4-6-18(21)30)24-23-25(31)17-11-16(28)5-8-19(17)36-26(23)27(32)29(24)12-14-3-7-20-22(9-14)35-13-34-20/h3-11,24,30H,2,12-13H2,1H3. The van der Waals surface area contributed by atoms with Crippen LogP contribution in [0.25, 0.3) is 11.0 Å². The van der Waals surface area contributed by atoms with Gasteiger partial charge >= 0.3 is 0 Å². The number of amides is 1. The van der Waals surface area contributed by atoms with E-state index in [4.69, 9.17) is 30.2 Å². The van der Waals surface area contributed by atoms with Crippen LogP contribution in [-0.2, 0) is 6.54 Å². The lowest BCUT2D eigenvalue weighted by Gasteiger charge is -2.26. The molecule has 8 nitrogen and oxygen atoms in total. The molecule has 3 aromatic carbocycles. The van der Waals surface area contributed by atoms with Crippen LogP contribution >= 0.6 is 11.6 Å². The molecule has 2 aliphatic heterocycles. The molecule has 0 bridgehead atoms. The molecule has 36 heavy (non-hydrogen) atoms. The Balaban J connectivity index is 1.53. The molecular formula is C27H20ClNO7. The second kappa shape index (κ2) is 8.49. The number of fused-ring (bicyclic) bond motifs is 3. The summed E-state index contributed by atoms with van der Waals surface area (Å²) in [5, 5.41) is 10.9. The minimum absolute atomic E-state index is 0.0217. The third kappa shape index (κ3) is 3.53. The highest BCUT2D eigenvalue weighted by Crippen LogP contribution is 2.42. The summed E-state index contributed by atoms with van der Waals surface area (Å²) in [6, 6.07) is 14.2. The lowest BCUT2D eigenvalue weighted by atomic mass is 9.97. The van der Waals surface area contributed by atoms with Crippen molar-refractivity contribution in [1.82, 2.24) is 4.90 Å². The van der Waals surface area contributed by atoms with E-state index in [1.807, 2.05) is 12.1 Å². The van der Waals surface area contributed by atoms with Crippen molar-refractivity contribution in [3.8, 4) is 23.0 Å². The molecule has 3 heterocycles. The maximum atomic E-state index is 13.7. The Labute approximate surface area is 210 Å². The number of benzene rings is 3. The van der Waals surface area contributed by atoms with Crippen molar-refractivity contribution >= 4 is 28.5 Å². The highest BCUT2D eigenvalue weighted by Gasteiger charge is 2.43. The minimum Gasteiger partial charge on any atom is -0.504 e. The van der Waals surface area contributed by atoms with Crippen molar-refractivity contribution in [2.24, 2.45) is 0 Å². The number of nitrogens with zero attached hydrogens (tertiary/aromatic N) is 1. The number of ether oxygens (including phenoxy) is 3. The average Bonchev–Trinajstić information content (AvgIpc) is 3.44. The second-order valence-electron chi connectivity index (χ2n) is 8.50. The van der Waals surface area contributed by atoms with E-state index in [9.17, 15) is 14.7 Å². The summed E-state index contributed by atoms with van der Waals surface area (Å²) < 4.78 is 22.4. The minimum atomic E-state index is -0.780. The topological polar surface area (TPSA) is 98.4 Å². The average molecular weight is 506 g/mol. The first-order valence-electron chi connectivity index (χ1n) is 11.4. The second-order valence-corrected chi connectivity index (χ2v) is 8.93. The van der Waals surface area contributed by atoms with Gasteiger partial charge < -0.3 is 28.6 Å². The number of phenols is 1. The molecule has 0 fully saturated rings. The number of aromatic hydroxyl groups is 1. The third-order valence-corrected chi connectivity index (χ3v) is 6.55. The van der Waals surface area contributed by atoms with Crippen molar-refractivity contribution in [1.29, 1.82) is 0 Å². The predicted octanol–water partition coefficient (Wildman–Crippen LogP) is 5.02. The monoisotopic (exact) mass is 505 g/mol. The lowest BCUT2D eigenvalue weighted by molar-refractivity contribution is 0.0714. The van der Waals surface area contributed by atoms with Crippen LogP contribution in [-0.4, -0.2) is 29.3 Å². The number of hydrogen-bond acceptors (Lipinski definition) is 7. The molecule has 6 rings (SSSR count). The van der Waals surface area contributed by atoms with Crippen LogP contribution in [0.4, 0.5) is 0 Å². The van der Waals surface area contributed by atoms with Crippen molar-refractivity contribution in [2.75, 3.05) is 13.4 Å². The molecule has 0 saturated carbocycles. The molecule has 4 aromatic rings. The van der Waals surface area contributed by atoms with Gasteiger partial charge in [0.1, 0.15) is 5.58 Å². The van der Waals surface area contributed by atoms with Gasteiger partial charge in [0.05, 0.1) is 23.6 Å². The van der Waals surface area contributed by atoms with Gasteiger partial charge in [-0.15, -0.1) is 0 Å². The maximum Gasteiger partial charge on any atom is 0.291 e. The molecule has 182 valence electrons. The molecule has 0 radical (unpaired) electrons. The van der Waals surface area contributed by atoms with Crippen molar-refractivity contribution in [3.05, 3.63) is 92.3 Å². The Kier molecular flexibility index (Phi) is 5.26. The van der Waals surface area contributed by atoms with Gasteiger partial charge in [0.25, 0.3) is 5.91 Å². The molecule has 1 N–H and O–H groups in total. The largest absolute Gasteiger partial charge is 0.504 e.